The van der Waals surface area contributed by atoms with Crippen LogP contribution < -0.4 is 16.8 Å². The first-order valence-electron chi connectivity index (χ1n) is 10.5. The van der Waals surface area contributed by atoms with Crippen LogP contribution in [0.1, 0.15) is 70.9 Å². The van der Waals surface area contributed by atoms with E-state index in [0.29, 0.717) is 25.2 Å². The minimum absolute atomic E-state index is 0. The van der Waals surface area contributed by atoms with Gasteiger partial charge in [-0.3, -0.25) is 9.59 Å². The molecule has 166 valence electrons. The number of aromatic nitrogens is 1. The van der Waals surface area contributed by atoms with E-state index in [1.54, 1.807) is 12.1 Å². The molecule has 1 aliphatic heterocycles. The summed E-state index contributed by atoms with van der Waals surface area (Å²) in [6.07, 6.45) is 4.18. The van der Waals surface area contributed by atoms with Crippen molar-refractivity contribution in [2.45, 2.75) is 49.9 Å². The topological polar surface area (TPSA) is 111 Å². The molecule has 0 spiro atoms. The Hall–Kier alpha value is -2.51. The van der Waals surface area contributed by atoms with Crippen molar-refractivity contribution in [3.63, 3.8) is 0 Å². The van der Waals surface area contributed by atoms with Gasteiger partial charge in [0.05, 0.1) is 0 Å². The van der Waals surface area contributed by atoms with Crippen LogP contribution in [0.2, 0.25) is 0 Å². The van der Waals surface area contributed by atoms with E-state index in [0.717, 1.165) is 48.3 Å². The Kier molecular flexibility index (Phi) is 6.96. The number of nitrogens with zero attached hydrogens (tertiary/aromatic N) is 1. The van der Waals surface area contributed by atoms with Crippen molar-refractivity contribution in [3.8, 4) is 0 Å². The summed E-state index contributed by atoms with van der Waals surface area (Å²) in [6.45, 7) is 1.48. The van der Waals surface area contributed by atoms with Crippen LogP contribution in [0.15, 0.2) is 30.3 Å². The van der Waals surface area contributed by atoms with Crippen LogP contribution in [0.3, 0.4) is 0 Å². The molecule has 31 heavy (non-hydrogen) atoms. The summed E-state index contributed by atoms with van der Waals surface area (Å²) >= 11 is 0. The summed E-state index contributed by atoms with van der Waals surface area (Å²) < 4.78 is 13.3. The molecule has 1 aliphatic carbocycles. The molecule has 2 heterocycles. The Balaban J connectivity index is 0.00000272. The number of pyridine rings is 1. The van der Waals surface area contributed by atoms with Crippen molar-refractivity contribution < 1.29 is 14.0 Å². The van der Waals surface area contributed by atoms with Gasteiger partial charge in [0.1, 0.15) is 11.5 Å². The van der Waals surface area contributed by atoms with Crippen molar-refractivity contribution in [2.24, 2.45) is 11.5 Å². The van der Waals surface area contributed by atoms with Gasteiger partial charge in [-0.1, -0.05) is 18.2 Å². The highest BCUT2D eigenvalue weighted by Gasteiger charge is 2.40. The van der Waals surface area contributed by atoms with Gasteiger partial charge in [-0.05, 0) is 73.5 Å². The molecule has 2 aliphatic rings. The number of primary amides is 2. The van der Waals surface area contributed by atoms with Crippen LogP contribution in [0.25, 0.3) is 0 Å². The molecule has 0 unspecified atom stereocenters. The highest BCUT2D eigenvalue weighted by molar-refractivity contribution is 5.93. The third kappa shape index (κ3) is 5.05. The number of rotatable bonds is 7. The van der Waals surface area contributed by atoms with Crippen LogP contribution in [0, 0.1) is 5.82 Å². The number of carbonyl (C=O) groups is 2. The molecule has 2 fully saturated rings. The fraction of sp³-hybridized carbons (Fsp3) is 0.435. The Morgan fingerprint density at radius 3 is 2.32 bits per heavy atom. The Morgan fingerprint density at radius 1 is 1.13 bits per heavy atom. The lowest BCUT2D eigenvalue weighted by Crippen LogP contribution is -2.44. The Morgan fingerprint density at radius 2 is 1.77 bits per heavy atom. The number of piperidine rings is 1. The number of benzene rings is 1. The zero-order chi connectivity index (χ0) is 21.3. The second kappa shape index (κ2) is 9.32. The number of halogens is 2. The highest BCUT2D eigenvalue weighted by atomic mass is 35.5. The van der Waals surface area contributed by atoms with Gasteiger partial charge >= 0.3 is 0 Å². The monoisotopic (exact) mass is 446 g/mol. The number of nitrogens with two attached hydrogens (primary N) is 2. The summed E-state index contributed by atoms with van der Waals surface area (Å²) in [5, 5.41) is 3.31. The lowest BCUT2D eigenvalue weighted by molar-refractivity contribution is -0.119. The number of amides is 2. The van der Waals surface area contributed by atoms with E-state index in [2.05, 4.69) is 11.4 Å². The molecule has 0 radical (unpaired) electrons. The minimum atomic E-state index is -0.602. The SMILES string of the molecule is Cl.NC(=O)CC1(c2cc(C3CC3)c(Cc3ccc(F)cc3)nc2C(N)=O)CCNCC1. The molecule has 0 bridgehead atoms. The first-order chi connectivity index (χ1) is 14.4. The van der Waals surface area contributed by atoms with E-state index in [9.17, 15) is 14.0 Å². The molecule has 1 aromatic carbocycles. The zero-order valence-electron chi connectivity index (χ0n) is 17.3. The van der Waals surface area contributed by atoms with Crippen LogP contribution in [-0.2, 0) is 16.6 Å². The van der Waals surface area contributed by atoms with Crippen LogP contribution in [0.5, 0.6) is 0 Å². The maximum absolute atomic E-state index is 13.3. The van der Waals surface area contributed by atoms with E-state index in [1.807, 2.05) is 0 Å². The third-order valence-electron chi connectivity index (χ3n) is 6.31. The number of hydrogen-bond acceptors (Lipinski definition) is 4. The van der Waals surface area contributed by atoms with Gasteiger partial charge in [-0.25, -0.2) is 9.37 Å². The highest BCUT2D eigenvalue weighted by Crippen LogP contribution is 2.45. The van der Waals surface area contributed by atoms with Crippen LogP contribution in [0.4, 0.5) is 4.39 Å². The predicted molar refractivity (Wildman–Crippen MR) is 119 cm³/mol. The fourth-order valence-electron chi connectivity index (χ4n) is 4.62. The quantitative estimate of drug-likeness (QED) is 0.607. The second-order valence-electron chi connectivity index (χ2n) is 8.54. The minimum Gasteiger partial charge on any atom is -0.370 e. The van der Waals surface area contributed by atoms with Gasteiger partial charge in [-0.2, -0.15) is 0 Å². The van der Waals surface area contributed by atoms with Gasteiger partial charge in [-0.15, -0.1) is 12.4 Å². The van der Waals surface area contributed by atoms with Gasteiger partial charge < -0.3 is 16.8 Å². The molecular weight excluding hydrogens is 419 g/mol. The Bertz CT molecular complexity index is 970. The Labute approximate surface area is 187 Å². The number of nitrogens with one attached hydrogen (secondary N) is 1. The molecule has 8 heteroatoms. The van der Waals surface area contributed by atoms with E-state index in [4.69, 9.17) is 16.5 Å². The van der Waals surface area contributed by atoms with Crippen molar-refractivity contribution >= 4 is 24.2 Å². The zero-order valence-corrected chi connectivity index (χ0v) is 18.1. The molecule has 1 aromatic heterocycles. The third-order valence-corrected chi connectivity index (χ3v) is 6.31. The first kappa shape index (κ1) is 23.2. The van der Waals surface area contributed by atoms with E-state index < -0.39 is 17.2 Å². The van der Waals surface area contributed by atoms with Gasteiger partial charge in [0.2, 0.25) is 5.91 Å². The number of hydrogen-bond donors (Lipinski definition) is 3. The summed E-state index contributed by atoms with van der Waals surface area (Å²) in [6, 6.07) is 8.36. The maximum atomic E-state index is 13.3. The molecule has 2 amide bonds. The molecule has 1 saturated heterocycles. The number of carbonyl (C=O) groups excluding carboxylic acids is 2. The van der Waals surface area contributed by atoms with Gasteiger partial charge in [0, 0.05) is 24.0 Å². The normalized spacial score (nSPS) is 17.6. The molecule has 0 atom stereocenters. The van der Waals surface area contributed by atoms with E-state index in [-0.39, 0.29) is 30.3 Å². The van der Waals surface area contributed by atoms with Crippen molar-refractivity contribution in [3.05, 3.63) is 64.2 Å². The van der Waals surface area contributed by atoms with E-state index >= 15 is 0 Å². The van der Waals surface area contributed by atoms with Crippen molar-refractivity contribution in [1.82, 2.24) is 10.3 Å². The van der Waals surface area contributed by atoms with E-state index in [1.165, 1.54) is 12.1 Å². The summed E-state index contributed by atoms with van der Waals surface area (Å²) in [5.74, 6) is -0.895. The van der Waals surface area contributed by atoms with Crippen molar-refractivity contribution in [2.75, 3.05) is 13.1 Å². The second-order valence-corrected chi connectivity index (χ2v) is 8.54. The summed E-state index contributed by atoms with van der Waals surface area (Å²) in [4.78, 5) is 29.1. The average Bonchev–Trinajstić information content (AvgIpc) is 3.54. The standard InChI is InChI=1S/C23H27FN4O2.ClH/c24-16-5-1-14(2-6-16)11-19-17(15-3-4-15)12-18(21(28-19)22(26)30)23(13-20(25)29)7-9-27-10-8-23;/h1-2,5-6,12,15,27H,3-4,7-11,13H2,(H2,25,29)(H2,26,30);1H. The smallest absolute Gasteiger partial charge is 0.267 e. The molecule has 5 N–H and O–H groups in total. The summed E-state index contributed by atoms with van der Waals surface area (Å²) in [5.41, 5.74) is 14.6. The molecule has 6 nitrogen and oxygen atoms in total. The lowest BCUT2D eigenvalue weighted by Gasteiger charge is -2.38. The van der Waals surface area contributed by atoms with Crippen LogP contribution >= 0.6 is 12.4 Å². The fourth-order valence-corrected chi connectivity index (χ4v) is 4.62. The van der Waals surface area contributed by atoms with Crippen molar-refractivity contribution in [1.29, 1.82) is 0 Å². The maximum Gasteiger partial charge on any atom is 0.267 e. The molecule has 2 aromatic rings. The van der Waals surface area contributed by atoms with Gasteiger partial charge in [0.25, 0.3) is 5.91 Å². The van der Waals surface area contributed by atoms with Gasteiger partial charge in [0.15, 0.2) is 0 Å². The first-order valence-corrected chi connectivity index (χ1v) is 10.5. The molecule has 1 saturated carbocycles. The predicted octanol–water partition coefficient (Wildman–Crippen LogP) is 2.71. The average molecular weight is 447 g/mol. The van der Waals surface area contributed by atoms with Crippen LogP contribution in [-0.4, -0.2) is 29.9 Å². The largest absolute Gasteiger partial charge is 0.370 e. The molecule has 4 rings (SSSR count). The molecular formula is C23H28ClFN4O2. The summed E-state index contributed by atoms with van der Waals surface area (Å²) in [7, 11) is 0. The lowest BCUT2D eigenvalue weighted by atomic mass is 9.69.